The summed E-state index contributed by atoms with van der Waals surface area (Å²) in [6.45, 7) is 2.07. The summed E-state index contributed by atoms with van der Waals surface area (Å²) in [6.07, 6.45) is 2.02. The lowest BCUT2D eigenvalue weighted by molar-refractivity contribution is -0.133. The monoisotopic (exact) mass is 486 g/mol. The number of guanidine groups is 1. The van der Waals surface area contributed by atoms with E-state index in [0.29, 0.717) is 44.6 Å². The molecule has 1 aliphatic rings. The second-order valence-electron chi connectivity index (χ2n) is 9.17. The molecular formula is C28H34N6O2. The van der Waals surface area contributed by atoms with E-state index < -0.39 is 0 Å². The maximum Gasteiger partial charge on any atom is 0.251 e. The SMILES string of the molecule is NC(N)=NCCC[C@H]1N[C@@H](CNC(=O)c2ccc3ccccc3c2)CCN(Cc2ccccc2)C1=O. The van der Waals surface area contributed by atoms with Crippen molar-refractivity contribution in [2.75, 3.05) is 19.6 Å². The number of fused-ring (bicyclic) bond motifs is 1. The Balaban J connectivity index is 1.41. The van der Waals surface area contributed by atoms with Gasteiger partial charge < -0.3 is 27.0 Å². The number of rotatable bonds is 9. The molecule has 1 saturated heterocycles. The minimum atomic E-state index is -0.368. The van der Waals surface area contributed by atoms with Crippen LogP contribution in [0, 0.1) is 0 Å². The van der Waals surface area contributed by atoms with Gasteiger partial charge in [-0.3, -0.25) is 14.6 Å². The molecule has 8 heteroatoms. The maximum atomic E-state index is 13.4. The van der Waals surface area contributed by atoms with E-state index in [4.69, 9.17) is 11.5 Å². The van der Waals surface area contributed by atoms with Crippen molar-refractivity contribution < 1.29 is 9.59 Å². The summed E-state index contributed by atoms with van der Waals surface area (Å²) in [5.74, 6) is -0.00868. The van der Waals surface area contributed by atoms with Gasteiger partial charge in [-0.2, -0.15) is 0 Å². The Morgan fingerprint density at radius 1 is 1.03 bits per heavy atom. The molecule has 8 nitrogen and oxygen atoms in total. The topological polar surface area (TPSA) is 126 Å². The van der Waals surface area contributed by atoms with Crippen LogP contribution < -0.4 is 22.1 Å². The molecule has 0 radical (unpaired) electrons. The molecule has 188 valence electrons. The highest BCUT2D eigenvalue weighted by atomic mass is 16.2. The molecule has 1 fully saturated rings. The zero-order valence-corrected chi connectivity index (χ0v) is 20.4. The van der Waals surface area contributed by atoms with Crippen molar-refractivity contribution in [2.45, 2.75) is 37.9 Å². The van der Waals surface area contributed by atoms with Crippen LogP contribution in [0.4, 0.5) is 0 Å². The predicted molar refractivity (Wildman–Crippen MR) is 143 cm³/mol. The van der Waals surface area contributed by atoms with E-state index >= 15 is 0 Å². The highest BCUT2D eigenvalue weighted by Crippen LogP contribution is 2.17. The Bertz CT molecular complexity index is 1210. The summed E-state index contributed by atoms with van der Waals surface area (Å²) in [5.41, 5.74) is 12.6. The number of carbonyl (C=O) groups excluding carboxylic acids is 2. The van der Waals surface area contributed by atoms with Crippen molar-refractivity contribution in [1.82, 2.24) is 15.5 Å². The van der Waals surface area contributed by atoms with Gasteiger partial charge in [0.2, 0.25) is 5.91 Å². The molecule has 1 aliphatic heterocycles. The molecule has 2 amide bonds. The maximum absolute atomic E-state index is 13.4. The lowest BCUT2D eigenvalue weighted by Crippen LogP contribution is -2.48. The first-order chi connectivity index (χ1) is 17.5. The van der Waals surface area contributed by atoms with Crippen LogP contribution >= 0.6 is 0 Å². The van der Waals surface area contributed by atoms with E-state index in [2.05, 4.69) is 15.6 Å². The standard InChI is InChI=1S/C28H34N6O2/c29-28(30)31-15-6-11-25-27(36)34(19-20-7-2-1-3-8-20)16-14-24(33-25)18-32-26(35)23-13-12-21-9-4-5-10-22(21)17-23/h1-5,7-10,12-13,17,24-25,33H,6,11,14-16,18-19H2,(H,32,35)(H4,29,30,31)/t24-,25-/m1/s1. The molecule has 0 saturated carbocycles. The quantitative estimate of drug-likeness (QED) is 0.210. The van der Waals surface area contributed by atoms with Gasteiger partial charge in [-0.25, -0.2) is 0 Å². The van der Waals surface area contributed by atoms with Crippen LogP contribution in [-0.4, -0.2) is 54.4 Å². The lowest BCUT2D eigenvalue weighted by Gasteiger charge is -2.25. The molecule has 0 bridgehead atoms. The van der Waals surface area contributed by atoms with Gasteiger partial charge in [-0.15, -0.1) is 0 Å². The van der Waals surface area contributed by atoms with Gasteiger partial charge in [0.1, 0.15) is 0 Å². The highest BCUT2D eigenvalue weighted by Gasteiger charge is 2.30. The first-order valence-electron chi connectivity index (χ1n) is 12.4. The third kappa shape index (κ3) is 6.82. The smallest absolute Gasteiger partial charge is 0.251 e. The second-order valence-corrected chi connectivity index (χ2v) is 9.17. The average Bonchev–Trinajstić information content (AvgIpc) is 3.04. The van der Waals surface area contributed by atoms with Gasteiger partial charge >= 0.3 is 0 Å². The molecule has 1 heterocycles. The van der Waals surface area contributed by atoms with Crippen LogP contribution in [0.5, 0.6) is 0 Å². The van der Waals surface area contributed by atoms with Crippen molar-refractivity contribution >= 4 is 28.5 Å². The van der Waals surface area contributed by atoms with Crippen LogP contribution in [0.3, 0.4) is 0 Å². The zero-order chi connectivity index (χ0) is 25.3. The van der Waals surface area contributed by atoms with Crippen molar-refractivity contribution in [3.05, 3.63) is 83.9 Å². The summed E-state index contributed by atoms with van der Waals surface area (Å²) in [7, 11) is 0. The molecular weight excluding hydrogens is 452 g/mol. The molecule has 36 heavy (non-hydrogen) atoms. The normalized spacial score (nSPS) is 18.0. The Morgan fingerprint density at radius 2 is 1.78 bits per heavy atom. The van der Waals surface area contributed by atoms with Crippen LogP contribution in [0.2, 0.25) is 0 Å². The largest absolute Gasteiger partial charge is 0.370 e. The lowest BCUT2D eigenvalue weighted by atomic mass is 10.1. The summed E-state index contributed by atoms with van der Waals surface area (Å²) in [5, 5.41) is 8.67. The number of nitrogens with one attached hydrogen (secondary N) is 2. The highest BCUT2D eigenvalue weighted by molar-refractivity contribution is 5.98. The minimum Gasteiger partial charge on any atom is -0.370 e. The van der Waals surface area contributed by atoms with E-state index in [1.807, 2.05) is 77.7 Å². The number of benzene rings is 3. The number of nitrogens with two attached hydrogens (primary N) is 2. The van der Waals surface area contributed by atoms with Crippen molar-refractivity contribution in [2.24, 2.45) is 16.5 Å². The molecule has 0 aromatic heterocycles. The first kappa shape index (κ1) is 25.2. The van der Waals surface area contributed by atoms with Gasteiger partial charge in [0.05, 0.1) is 6.04 Å². The first-order valence-corrected chi connectivity index (χ1v) is 12.4. The van der Waals surface area contributed by atoms with E-state index in [9.17, 15) is 9.59 Å². The van der Waals surface area contributed by atoms with Gasteiger partial charge in [0, 0.05) is 37.8 Å². The molecule has 0 unspecified atom stereocenters. The van der Waals surface area contributed by atoms with E-state index in [1.54, 1.807) is 0 Å². The number of nitrogens with zero attached hydrogens (tertiary/aromatic N) is 2. The number of hydrogen-bond donors (Lipinski definition) is 4. The summed E-state index contributed by atoms with van der Waals surface area (Å²) >= 11 is 0. The Kier molecular flexibility index (Phi) is 8.52. The molecule has 3 aromatic carbocycles. The van der Waals surface area contributed by atoms with Gasteiger partial charge in [-0.05, 0) is 47.7 Å². The number of carbonyl (C=O) groups is 2. The van der Waals surface area contributed by atoms with E-state index in [0.717, 1.165) is 22.8 Å². The molecule has 2 atom stereocenters. The van der Waals surface area contributed by atoms with Crippen LogP contribution in [0.1, 0.15) is 35.2 Å². The number of hydrogen-bond acceptors (Lipinski definition) is 4. The van der Waals surface area contributed by atoms with Gasteiger partial charge in [0.15, 0.2) is 5.96 Å². The molecule has 6 N–H and O–H groups in total. The second kappa shape index (κ2) is 12.2. The summed E-state index contributed by atoms with van der Waals surface area (Å²) < 4.78 is 0. The van der Waals surface area contributed by atoms with E-state index in [-0.39, 0.29) is 29.9 Å². The van der Waals surface area contributed by atoms with E-state index in [1.165, 1.54) is 0 Å². The van der Waals surface area contributed by atoms with Crippen molar-refractivity contribution in [3.8, 4) is 0 Å². The van der Waals surface area contributed by atoms with Crippen LogP contribution in [0.15, 0.2) is 77.8 Å². The average molecular weight is 487 g/mol. The Hall–Kier alpha value is -3.91. The summed E-state index contributed by atoms with van der Waals surface area (Å²) in [4.78, 5) is 32.2. The van der Waals surface area contributed by atoms with Crippen LogP contribution in [-0.2, 0) is 11.3 Å². The van der Waals surface area contributed by atoms with Crippen LogP contribution in [0.25, 0.3) is 10.8 Å². The molecule has 4 rings (SSSR count). The number of amides is 2. The van der Waals surface area contributed by atoms with Crippen molar-refractivity contribution in [1.29, 1.82) is 0 Å². The van der Waals surface area contributed by atoms with Crippen molar-refractivity contribution in [3.63, 3.8) is 0 Å². The Labute approximate surface area is 211 Å². The number of aliphatic imine (C=N–C) groups is 1. The minimum absolute atomic E-state index is 0.0350. The summed E-state index contributed by atoms with van der Waals surface area (Å²) in [6, 6.07) is 23.3. The zero-order valence-electron chi connectivity index (χ0n) is 20.4. The molecule has 3 aromatic rings. The fourth-order valence-electron chi connectivity index (χ4n) is 4.56. The van der Waals surface area contributed by atoms with Gasteiger partial charge in [-0.1, -0.05) is 60.7 Å². The predicted octanol–water partition coefficient (Wildman–Crippen LogP) is 2.38. The molecule has 0 aliphatic carbocycles. The fraction of sp³-hybridized carbons (Fsp3) is 0.321. The fourth-order valence-corrected chi connectivity index (χ4v) is 4.56. The Morgan fingerprint density at radius 3 is 2.56 bits per heavy atom. The molecule has 0 spiro atoms. The van der Waals surface area contributed by atoms with Gasteiger partial charge in [0.25, 0.3) is 5.91 Å². The third-order valence-electron chi connectivity index (χ3n) is 6.48. The third-order valence-corrected chi connectivity index (χ3v) is 6.48.